The highest BCUT2D eigenvalue weighted by molar-refractivity contribution is 6.29. The Morgan fingerprint density at radius 2 is 2.26 bits per heavy atom. The lowest BCUT2D eigenvalue weighted by Gasteiger charge is -2.26. The average molecular weight is 282 g/mol. The van der Waals surface area contributed by atoms with Gasteiger partial charge in [-0.25, -0.2) is 0 Å². The SMILES string of the molecule is CC1CCCC(CCNC(=O)c2ccc(Cl)nn2)C1. The molecule has 0 aliphatic heterocycles. The van der Waals surface area contributed by atoms with Gasteiger partial charge in [0.15, 0.2) is 10.8 Å². The van der Waals surface area contributed by atoms with E-state index in [1.165, 1.54) is 25.7 Å². The second-order valence-corrected chi connectivity index (χ2v) is 5.81. The van der Waals surface area contributed by atoms with Gasteiger partial charge in [-0.3, -0.25) is 4.79 Å². The van der Waals surface area contributed by atoms with Crippen molar-refractivity contribution >= 4 is 17.5 Å². The van der Waals surface area contributed by atoms with Crippen molar-refractivity contribution in [1.82, 2.24) is 15.5 Å². The van der Waals surface area contributed by atoms with Crippen LogP contribution in [0.15, 0.2) is 12.1 Å². The van der Waals surface area contributed by atoms with Crippen LogP contribution in [-0.4, -0.2) is 22.6 Å². The van der Waals surface area contributed by atoms with Gasteiger partial charge >= 0.3 is 0 Å². The average Bonchev–Trinajstić information content (AvgIpc) is 2.39. The van der Waals surface area contributed by atoms with Crippen LogP contribution < -0.4 is 5.32 Å². The molecule has 19 heavy (non-hydrogen) atoms. The first kappa shape index (κ1) is 14.3. The fourth-order valence-electron chi connectivity index (χ4n) is 2.74. The standard InChI is InChI=1S/C14H20ClN3O/c1-10-3-2-4-11(9-10)7-8-16-14(19)12-5-6-13(15)18-17-12/h5-6,10-11H,2-4,7-9H2,1H3,(H,16,19). The van der Waals surface area contributed by atoms with Crippen molar-refractivity contribution < 1.29 is 4.79 Å². The quantitative estimate of drug-likeness (QED) is 0.923. The molecule has 2 rings (SSSR count). The second-order valence-electron chi connectivity index (χ2n) is 5.42. The van der Waals surface area contributed by atoms with Crippen LogP contribution in [0, 0.1) is 11.8 Å². The molecule has 104 valence electrons. The summed E-state index contributed by atoms with van der Waals surface area (Å²) in [5.41, 5.74) is 0.321. The molecule has 0 bridgehead atoms. The van der Waals surface area contributed by atoms with Crippen molar-refractivity contribution in [3.05, 3.63) is 23.0 Å². The van der Waals surface area contributed by atoms with Gasteiger partial charge in [-0.15, -0.1) is 10.2 Å². The Hall–Kier alpha value is -1.16. The van der Waals surface area contributed by atoms with Crippen molar-refractivity contribution in [2.45, 2.75) is 39.0 Å². The molecule has 1 saturated carbocycles. The number of rotatable bonds is 4. The smallest absolute Gasteiger partial charge is 0.271 e. The number of halogens is 1. The van der Waals surface area contributed by atoms with Crippen LogP contribution >= 0.6 is 11.6 Å². The fourth-order valence-corrected chi connectivity index (χ4v) is 2.84. The molecule has 1 aromatic heterocycles. The maximum Gasteiger partial charge on any atom is 0.271 e. The maximum atomic E-state index is 11.8. The summed E-state index contributed by atoms with van der Waals surface area (Å²) in [7, 11) is 0. The Labute approximate surface area is 118 Å². The molecule has 1 aliphatic rings. The van der Waals surface area contributed by atoms with Gasteiger partial charge in [-0.1, -0.05) is 37.8 Å². The van der Waals surface area contributed by atoms with Crippen molar-refractivity contribution in [1.29, 1.82) is 0 Å². The minimum absolute atomic E-state index is 0.173. The van der Waals surface area contributed by atoms with Gasteiger partial charge in [0.1, 0.15) is 0 Å². The molecule has 1 aliphatic carbocycles. The van der Waals surface area contributed by atoms with E-state index in [9.17, 15) is 4.79 Å². The molecule has 1 amide bonds. The zero-order valence-corrected chi connectivity index (χ0v) is 12.0. The number of nitrogens with one attached hydrogen (secondary N) is 1. The van der Waals surface area contributed by atoms with E-state index >= 15 is 0 Å². The highest BCUT2D eigenvalue weighted by Crippen LogP contribution is 2.30. The minimum Gasteiger partial charge on any atom is -0.351 e. The first-order valence-electron chi connectivity index (χ1n) is 6.92. The van der Waals surface area contributed by atoms with E-state index in [0.717, 1.165) is 18.3 Å². The molecule has 0 aromatic carbocycles. The predicted molar refractivity (Wildman–Crippen MR) is 75.1 cm³/mol. The molecule has 2 atom stereocenters. The molecular weight excluding hydrogens is 262 g/mol. The Bertz CT molecular complexity index is 421. The molecule has 1 heterocycles. The van der Waals surface area contributed by atoms with E-state index < -0.39 is 0 Å². The monoisotopic (exact) mass is 281 g/mol. The van der Waals surface area contributed by atoms with E-state index in [2.05, 4.69) is 22.4 Å². The number of hydrogen-bond donors (Lipinski definition) is 1. The zero-order valence-electron chi connectivity index (χ0n) is 11.2. The summed E-state index contributed by atoms with van der Waals surface area (Å²) < 4.78 is 0. The van der Waals surface area contributed by atoms with Gasteiger partial charge in [0, 0.05) is 6.54 Å². The molecular formula is C14H20ClN3O. The molecule has 4 nitrogen and oxygen atoms in total. The molecule has 0 spiro atoms. The van der Waals surface area contributed by atoms with Crippen LogP contribution in [0.5, 0.6) is 0 Å². The predicted octanol–water partition coefficient (Wildman–Crippen LogP) is 3.08. The summed E-state index contributed by atoms with van der Waals surface area (Å²) in [6.45, 7) is 3.02. The number of aromatic nitrogens is 2. The number of nitrogens with zero attached hydrogens (tertiary/aromatic N) is 2. The molecule has 0 saturated heterocycles. The van der Waals surface area contributed by atoms with Gasteiger partial charge in [-0.05, 0) is 36.8 Å². The van der Waals surface area contributed by atoms with Gasteiger partial charge in [-0.2, -0.15) is 0 Å². The summed E-state index contributed by atoms with van der Waals surface area (Å²) in [4.78, 5) is 11.8. The van der Waals surface area contributed by atoms with Gasteiger partial charge in [0.05, 0.1) is 0 Å². The minimum atomic E-state index is -0.173. The van der Waals surface area contributed by atoms with E-state index in [4.69, 9.17) is 11.6 Å². The van der Waals surface area contributed by atoms with Crippen molar-refractivity contribution in [3.63, 3.8) is 0 Å². The third kappa shape index (κ3) is 4.46. The van der Waals surface area contributed by atoms with Crippen molar-refractivity contribution in [2.24, 2.45) is 11.8 Å². The van der Waals surface area contributed by atoms with Crippen LogP contribution in [0.2, 0.25) is 5.15 Å². The van der Waals surface area contributed by atoms with E-state index in [0.29, 0.717) is 17.4 Å². The van der Waals surface area contributed by atoms with Crippen LogP contribution in [-0.2, 0) is 0 Å². The number of carbonyl (C=O) groups is 1. The zero-order chi connectivity index (χ0) is 13.7. The topological polar surface area (TPSA) is 54.9 Å². The molecule has 1 N–H and O–H groups in total. The van der Waals surface area contributed by atoms with Gasteiger partial charge < -0.3 is 5.32 Å². The summed E-state index contributed by atoms with van der Waals surface area (Å²) in [6.07, 6.45) is 6.31. The normalized spacial score (nSPS) is 23.1. The number of carbonyl (C=O) groups excluding carboxylic acids is 1. The maximum absolute atomic E-state index is 11.8. The van der Waals surface area contributed by atoms with Crippen LogP contribution in [0.1, 0.15) is 49.5 Å². The summed E-state index contributed by atoms with van der Waals surface area (Å²) in [6, 6.07) is 3.17. The van der Waals surface area contributed by atoms with Crippen molar-refractivity contribution in [2.75, 3.05) is 6.54 Å². The molecule has 0 radical (unpaired) electrons. The van der Waals surface area contributed by atoms with Crippen LogP contribution in [0.3, 0.4) is 0 Å². The first-order valence-corrected chi connectivity index (χ1v) is 7.30. The number of hydrogen-bond acceptors (Lipinski definition) is 3. The molecule has 5 heteroatoms. The lowest BCUT2D eigenvalue weighted by Crippen LogP contribution is -2.28. The fraction of sp³-hybridized carbons (Fsp3) is 0.643. The van der Waals surface area contributed by atoms with Gasteiger partial charge in [0.2, 0.25) is 0 Å². The van der Waals surface area contributed by atoms with Gasteiger partial charge in [0.25, 0.3) is 5.91 Å². The lowest BCUT2D eigenvalue weighted by atomic mass is 9.81. The molecule has 1 fully saturated rings. The van der Waals surface area contributed by atoms with Crippen LogP contribution in [0.25, 0.3) is 0 Å². The third-order valence-electron chi connectivity index (χ3n) is 3.75. The summed E-state index contributed by atoms with van der Waals surface area (Å²) in [5, 5.41) is 10.6. The Morgan fingerprint density at radius 1 is 1.42 bits per heavy atom. The summed E-state index contributed by atoms with van der Waals surface area (Å²) in [5.74, 6) is 1.41. The van der Waals surface area contributed by atoms with E-state index in [1.807, 2.05) is 0 Å². The summed E-state index contributed by atoms with van der Waals surface area (Å²) >= 11 is 5.63. The molecule has 2 unspecified atom stereocenters. The van der Waals surface area contributed by atoms with Crippen molar-refractivity contribution in [3.8, 4) is 0 Å². The number of amides is 1. The Kier molecular flexibility index (Phi) is 5.14. The third-order valence-corrected chi connectivity index (χ3v) is 3.95. The molecule has 1 aromatic rings. The lowest BCUT2D eigenvalue weighted by molar-refractivity contribution is 0.0943. The highest BCUT2D eigenvalue weighted by Gasteiger charge is 2.18. The second kappa shape index (κ2) is 6.85. The van der Waals surface area contributed by atoms with E-state index in [1.54, 1.807) is 12.1 Å². The van der Waals surface area contributed by atoms with E-state index in [-0.39, 0.29) is 5.91 Å². The largest absolute Gasteiger partial charge is 0.351 e. The highest BCUT2D eigenvalue weighted by atomic mass is 35.5. The van der Waals surface area contributed by atoms with Crippen LogP contribution in [0.4, 0.5) is 0 Å². The first-order chi connectivity index (χ1) is 9.15. The Balaban J connectivity index is 1.73. The Morgan fingerprint density at radius 3 is 2.95 bits per heavy atom.